The van der Waals surface area contributed by atoms with Gasteiger partial charge in [-0.3, -0.25) is 4.98 Å². The fourth-order valence-corrected chi connectivity index (χ4v) is 2.67. The van der Waals surface area contributed by atoms with Crippen molar-refractivity contribution in [2.24, 2.45) is 5.73 Å². The molecule has 3 heterocycles. The van der Waals surface area contributed by atoms with Gasteiger partial charge in [-0.15, -0.1) is 24.8 Å². The molecule has 6 nitrogen and oxygen atoms in total. The van der Waals surface area contributed by atoms with Gasteiger partial charge in [-0.05, 0) is 24.3 Å². The van der Waals surface area contributed by atoms with Crippen LogP contribution < -0.4 is 5.73 Å². The number of benzene rings is 1. The van der Waals surface area contributed by atoms with Crippen LogP contribution in [0, 0.1) is 6.92 Å². The van der Waals surface area contributed by atoms with Crippen molar-refractivity contribution in [1.82, 2.24) is 19.7 Å². The lowest BCUT2D eigenvalue weighted by Gasteiger charge is -2.09. The molecule has 0 fully saturated rings. The number of aromatic nitrogens is 4. The van der Waals surface area contributed by atoms with Crippen molar-refractivity contribution in [3.8, 4) is 17.2 Å². The maximum Gasteiger partial charge on any atom is 0.223 e. The molecule has 0 bridgehead atoms. The molecule has 0 aliphatic heterocycles. The molecule has 0 aliphatic rings. The molecule has 25 heavy (non-hydrogen) atoms. The number of rotatable bonds is 3. The zero-order valence-electron chi connectivity index (χ0n) is 13.4. The molecule has 130 valence electrons. The van der Waals surface area contributed by atoms with Crippen LogP contribution in [0.15, 0.2) is 53.2 Å². The van der Waals surface area contributed by atoms with Gasteiger partial charge in [0.25, 0.3) is 0 Å². The number of fused-ring (bicyclic) bond motifs is 1. The number of aryl methyl sites for hydroxylation is 1. The SMILES string of the molecule is Cc1nc(-c2cc3ccccc3n2-c2ccc(CN)nc2)no1.Cl.Cl. The molecule has 8 heteroatoms. The van der Waals surface area contributed by atoms with Crippen molar-refractivity contribution in [2.45, 2.75) is 13.5 Å². The van der Waals surface area contributed by atoms with E-state index in [9.17, 15) is 0 Å². The van der Waals surface area contributed by atoms with Gasteiger partial charge in [0.1, 0.15) is 0 Å². The molecular weight excluding hydrogens is 361 g/mol. The Hall–Kier alpha value is -2.41. The van der Waals surface area contributed by atoms with E-state index >= 15 is 0 Å². The molecule has 2 N–H and O–H groups in total. The molecule has 0 amide bonds. The number of para-hydroxylation sites is 1. The van der Waals surface area contributed by atoms with Crippen molar-refractivity contribution >= 4 is 35.7 Å². The van der Waals surface area contributed by atoms with Crippen molar-refractivity contribution in [2.75, 3.05) is 0 Å². The topological polar surface area (TPSA) is 82.8 Å². The largest absolute Gasteiger partial charge is 0.339 e. The van der Waals surface area contributed by atoms with Gasteiger partial charge in [0.15, 0.2) is 0 Å². The van der Waals surface area contributed by atoms with E-state index in [-0.39, 0.29) is 24.8 Å². The number of halogens is 2. The zero-order valence-corrected chi connectivity index (χ0v) is 15.0. The van der Waals surface area contributed by atoms with Crippen molar-refractivity contribution in [1.29, 1.82) is 0 Å². The molecule has 3 aromatic heterocycles. The number of hydrogen-bond donors (Lipinski definition) is 1. The van der Waals surface area contributed by atoms with Gasteiger partial charge in [-0.1, -0.05) is 23.4 Å². The Morgan fingerprint density at radius 3 is 2.56 bits per heavy atom. The minimum absolute atomic E-state index is 0. The lowest BCUT2D eigenvalue weighted by molar-refractivity contribution is 0.394. The summed E-state index contributed by atoms with van der Waals surface area (Å²) in [7, 11) is 0. The average molecular weight is 378 g/mol. The number of nitrogens with zero attached hydrogens (tertiary/aromatic N) is 4. The van der Waals surface area contributed by atoms with Crippen molar-refractivity contribution < 1.29 is 4.52 Å². The van der Waals surface area contributed by atoms with E-state index in [1.807, 2.05) is 30.5 Å². The fourth-order valence-electron chi connectivity index (χ4n) is 2.67. The summed E-state index contributed by atoms with van der Waals surface area (Å²) >= 11 is 0. The molecule has 0 radical (unpaired) electrons. The van der Waals surface area contributed by atoms with Crippen LogP contribution in [0.25, 0.3) is 28.1 Å². The third kappa shape index (κ3) is 3.37. The molecular formula is C17H17Cl2N5O. The van der Waals surface area contributed by atoms with Gasteiger partial charge < -0.3 is 14.8 Å². The Morgan fingerprint density at radius 2 is 1.92 bits per heavy atom. The highest BCUT2D eigenvalue weighted by molar-refractivity contribution is 5.88. The van der Waals surface area contributed by atoms with E-state index < -0.39 is 0 Å². The molecule has 0 spiro atoms. The average Bonchev–Trinajstić information content (AvgIpc) is 3.18. The Balaban J connectivity index is 0.00000113. The minimum atomic E-state index is 0. The quantitative estimate of drug-likeness (QED) is 0.588. The summed E-state index contributed by atoms with van der Waals surface area (Å²) < 4.78 is 7.21. The first-order chi connectivity index (χ1) is 11.3. The summed E-state index contributed by atoms with van der Waals surface area (Å²) in [6.45, 7) is 2.20. The molecule has 0 saturated carbocycles. The first kappa shape index (κ1) is 18.9. The third-order valence-corrected chi connectivity index (χ3v) is 3.74. The summed E-state index contributed by atoms with van der Waals surface area (Å²) in [5.74, 6) is 1.09. The first-order valence-corrected chi connectivity index (χ1v) is 7.33. The van der Waals surface area contributed by atoms with Crippen LogP contribution >= 0.6 is 24.8 Å². The standard InChI is InChI=1S/C17H15N5O.2ClH/c1-11-20-17(21-23-11)16-8-12-4-2-3-5-15(12)22(16)14-7-6-13(9-18)19-10-14;;/h2-8,10H,9,18H2,1H3;2*1H. The van der Waals surface area contributed by atoms with Gasteiger partial charge in [0.2, 0.25) is 11.7 Å². The molecule has 0 saturated heterocycles. The van der Waals surface area contributed by atoms with Crippen LogP contribution in [0.3, 0.4) is 0 Å². The predicted molar refractivity (Wildman–Crippen MR) is 101 cm³/mol. The maximum atomic E-state index is 5.63. The van der Waals surface area contributed by atoms with Crippen LogP contribution in [0.1, 0.15) is 11.6 Å². The lowest BCUT2D eigenvalue weighted by atomic mass is 10.2. The molecule has 1 aromatic carbocycles. The maximum absolute atomic E-state index is 5.63. The van der Waals surface area contributed by atoms with Gasteiger partial charge in [-0.25, -0.2) is 0 Å². The Morgan fingerprint density at radius 1 is 1.12 bits per heavy atom. The number of pyridine rings is 1. The number of hydrogen-bond acceptors (Lipinski definition) is 5. The van der Waals surface area contributed by atoms with E-state index in [1.54, 1.807) is 6.92 Å². The molecule has 0 atom stereocenters. The second kappa shape index (κ2) is 7.65. The molecule has 0 unspecified atom stereocenters. The van der Waals surface area contributed by atoms with E-state index in [2.05, 4.69) is 37.9 Å². The lowest BCUT2D eigenvalue weighted by Crippen LogP contribution is -2.02. The number of nitrogens with two attached hydrogens (primary N) is 1. The van der Waals surface area contributed by atoms with Crippen LogP contribution in [0.4, 0.5) is 0 Å². The van der Waals surface area contributed by atoms with Gasteiger partial charge in [0.05, 0.1) is 28.8 Å². The first-order valence-electron chi connectivity index (χ1n) is 7.33. The molecule has 4 aromatic rings. The second-order valence-electron chi connectivity index (χ2n) is 5.27. The van der Waals surface area contributed by atoms with Gasteiger partial charge in [0, 0.05) is 18.9 Å². The zero-order chi connectivity index (χ0) is 15.8. The van der Waals surface area contributed by atoms with Crippen LogP contribution in [-0.4, -0.2) is 19.7 Å². The monoisotopic (exact) mass is 377 g/mol. The summed E-state index contributed by atoms with van der Waals surface area (Å²) in [5, 5.41) is 5.16. The Labute approximate surface area is 156 Å². The normalized spacial score (nSPS) is 10.3. The minimum Gasteiger partial charge on any atom is -0.339 e. The summed E-state index contributed by atoms with van der Waals surface area (Å²) in [6.07, 6.45) is 1.81. The Kier molecular flexibility index (Phi) is 5.79. The van der Waals surface area contributed by atoms with E-state index in [0.717, 1.165) is 28.0 Å². The summed E-state index contributed by atoms with van der Waals surface area (Å²) in [5.41, 5.74) is 9.34. The van der Waals surface area contributed by atoms with Gasteiger partial charge in [-0.2, -0.15) is 4.98 Å². The van der Waals surface area contributed by atoms with E-state index in [1.165, 1.54) is 0 Å². The second-order valence-corrected chi connectivity index (χ2v) is 5.27. The van der Waals surface area contributed by atoms with Crippen LogP contribution in [0.2, 0.25) is 0 Å². The van der Waals surface area contributed by atoms with Gasteiger partial charge >= 0.3 is 0 Å². The fraction of sp³-hybridized carbons (Fsp3) is 0.118. The third-order valence-electron chi connectivity index (χ3n) is 3.74. The van der Waals surface area contributed by atoms with Crippen LogP contribution in [-0.2, 0) is 6.54 Å². The van der Waals surface area contributed by atoms with E-state index in [0.29, 0.717) is 18.3 Å². The highest BCUT2D eigenvalue weighted by Crippen LogP contribution is 2.29. The van der Waals surface area contributed by atoms with Crippen molar-refractivity contribution in [3.05, 3.63) is 60.2 Å². The summed E-state index contributed by atoms with van der Waals surface area (Å²) in [6, 6.07) is 14.1. The van der Waals surface area contributed by atoms with Crippen LogP contribution in [0.5, 0.6) is 0 Å². The Bertz CT molecular complexity index is 978. The highest BCUT2D eigenvalue weighted by atomic mass is 35.5. The molecule has 4 rings (SSSR count). The predicted octanol–water partition coefficient (Wildman–Crippen LogP) is 3.69. The smallest absolute Gasteiger partial charge is 0.223 e. The highest BCUT2D eigenvalue weighted by Gasteiger charge is 2.16. The molecule has 0 aliphatic carbocycles. The van der Waals surface area contributed by atoms with E-state index in [4.69, 9.17) is 10.3 Å². The van der Waals surface area contributed by atoms with Crippen molar-refractivity contribution in [3.63, 3.8) is 0 Å². The summed E-state index contributed by atoms with van der Waals surface area (Å²) in [4.78, 5) is 8.75.